The fourth-order valence-electron chi connectivity index (χ4n) is 3.52. The van der Waals surface area contributed by atoms with E-state index in [-0.39, 0.29) is 6.09 Å². The quantitative estimate of drug-likeness (QED) is 0.737. The zero-order valence-electron chi connectivity index (χ0n) is 11.8. The van der Waals surface area contributed by atoms with E-state index in [9.17, 15) is 13.2 Å². The number of nitrogens with zero attached hydrogens (tertiary/aromatic N) is 2. The minimum atomic E-state index is -2.79. The highest BCUT2D eigenvalue weighted by Gasteiger charge is 2.57. The lowest BCUT2D eigenvalue weighted by atomic mass is 10.2. The maximum Gasteiger partial charge on any atom is 0.409 e. The third kappa shape index (κ3) is 2.79. The van der Waals surface area contributed by atoms with Gasteiger partial charge in [0.15, 0.2) is 9.84 Å². The molecular formula is C13H22N2O4S. The molecule has 1 unspecified atom stereocenters. The van der Waals surface area contributed by atoms with Crippen LogP contribution in [0.15, 0.2) is 0 Å². The fraction of sp³-hybridized carbons (Fsp3) is 0.923. The molecule has 3 atom stereocenters. The first-order chi connectivity index (χ1) is 9.50. The van der Waals surface area contributed by atoms with Crippen molar-refractivity contribution in [2.24, 2.45) is 17.8 Å². The second kappa shape index (κ2) is 5.18. The Kier molecular flexibility index (Phi) is 3.66. The summed E-state index contributed by atoms with van der Waals surface area (Å²) in [6.45, 7) is 6.18. The van der Waals surface area contributed by atoms with Gasteiger partial charge in [-0.3, -0.25) is 0 Å². The van der Waals surface area contributed by atoms with Crippen LogP contribution in [0, 0.1) is 17.8 Å². The highest BCUT2D eigenvalue weighted by Crippen LogP contribution is 2.52. The maximum atomic E-state index is 11.6. The normalized spacial score (nSPS) is 35.6. The molecule has 1 amide bonds. The molecule has 3 aliphatic rings. The Hall–Kier alpha value is -0.820. The van der Waals surface area contributed by atoms with Gasteiger partial charge in [0.2, 0.25) is 0 Å². The van der Waals surface area contributed by atoms with Crippen LogP contribution in [0.25, 0.3) is 0 Å². The van der Waals surface area contributed by atoms with Gasteiger partial charge >= 0.3 is 6.09 Å². The molecule has 0 N–H and O–H groups in total. The van der Waals surface area contributed by atoms with Gasteiger partial charge in [0.05, 0.1) is 18.1 Å². The molecule has 0 aromatic carbocycles. The van der Waals surface area contributed by atoms with Crippen molar-refractivity contribution in [2.75, 3.05) is 50.8 Å². The minimum Gasteiger partial charge on any atom is -0.450 e. The first-order valence-corrected chi connectivity index (χ1v) is 9.17. The summed E-state index contributed by atoms with van der Waals surface area (Å²) in [5.41, 5.74) is 0. The molecule has 20 heavy (non-hydrogen) atoms. The SMILES string of the molecule is CCOC(=O)N1C[C@@H]2C(CN3CCS(=O)(=O)CC3)[C@@H]2C1. The monoisotopic (exact) mass is 302 g/mol. The van der Waals surface area contributed by atoms with Gasteiger partial charge < -0.3 is 14.5 Å². The van der Waals surface area contributed by atoms with Gasteiger partial charge in [0, 0.05) is 32.7 Å². The molecule has 0 aromatic rings. The molecule has 1 aliphatic carbocycles. The highest BCUT2D eigenvalue weighted by molar-refractivity contribution is 7.91. The van der Waals surface area contributed by atoms with Gasteiger partial charge in [-0.25, -0.2) is 13.2 Å². The van der Waals surface area contributed by atoms with Crippen molar-refractivity contribution in [1.82, 2.24) is 9.80 Å². The van der Waals surface area contributed by atoms with Gasteiger partial charge in [0.1, 0.15) is 0 Å². The summed E-state index contributed by atoms with van der Waals surface area (Å²) in [4.78, 5) is 15.7. The number of sulfone groups is 1. The van der Waals surface area contributed by atoms with Gasteiger partial charge in [0.25, 0.3) is 0 Å². The predicted molar refractivity (Wildman–Crippen MR) is 74.2 cm³/mol. The Labute approximate surface area is 120 Å². The molecule has 2 saturated heterocycles. The van der Waals surface area contributed by atoms with Crippen molar-refractivity contribution < 1.29 is 17.9 Å². The number of ether oxygens (including phenoxy) is 1. The zero-order valence-corrected chi connectivity index (χ0v) is 12.6. The number of hydrogen-bond acceptors (Lipinski definition) is 5. The fourth-order valence-corrected chi connectivity index (χ4v) is 4.79. The number of amides is 1. The number of carbonyl (C=O) groups excluding carboxylic acids is 1. The van der Waals surface area contributed by atoms with E-state index in [4.69, 9.17) is 4.74 Å². The second-order valence-electron chi connectivity index (χ2n) is 6.05. The van der Waals surface area contributed by atoms with Gasteiger partial charge in [-0.1, -0.05) is 0 Å². The summed E-state index contributed by atoms with van der Waals surface area (Å²) < 4.78 is 27.8. The van der Waals surface area contributed by atoms with Crippen LogP contribution >= 0.6 is 0 Å². The molecule has 0 bridgehead atoms. The lowest BCUT2D eigenvalue weighted by Gasteiger charge is -2.28. The number of rotatable bonds is 3. The van der Waals surface area contributed by atoms with E-state index in [1.807, 2.05) is 6.92 Å². The van der Waals surface area contributed by atoms with Crippen molar-refractivity contribution in [1.29, 1.82) is 0 Å². The third-order valence-corrected chi connectivity index (χ3v) is 6.41. The van der Waals surface area contributed by atoms with Crippen LogP contribution in [0.5, 0.6) is 0 Å². The summed E-state index contributed by atoms with van der Waals surface area (Å²) in [5.74, 6) is 2.42. The number of fused-ring (bicyclic) bond motifs is 1. The Morgan fingerprint density at radius 1 is 1.20 bits per heavy atom. The van der Waals surface area contributed by atoms with E-state index in [2.05, 4.69) is 4.90 Å². The molecule has 114 valence electrons. The minimum absolute atomic E-state index is 0.192. The van der Waals surface area contributed by atoms with Crippen LogP contribution in [0.2, 0.25) is 0 Å². The number of likely N-dealkylation sites (tertiary alicyclic amines) is 1. The summed E-state index contributed by atoms with van der Waals surface area (Å²) in [5, 5.41) is 0. The average Bonchev–Trinajstić information content (AvgIpc) is 2.85. The molecule has 3 rings (SSSR count). The Bertz CT molecular complexity index is 467. The average molecular weight is 302 g/mol. The second-order valence-corrected chi connectivity index (χ2v) is 8.35. The van der Waals surface area contributed by atoms with Crippen molar-refractivity contribution in [3.63, 3.8) is 0 Å². The lowest BCUT2D eigenvalue weighted by Crippen LogP contribution is -2.42. The largest absolute Gasteiger partial charge is 0.450 e. The topological polar surface area (TPSA) is 66.9 Å². The van der Waals surface area contributed by atoms with Crippen molar-refractivity contribution in [3.05, 3.63) is 0 Å². The molecule has 0 aromatic heterocycles. The van der Waals surface area contributed by atoms with Crippen molar-refractivity contribution in [2.45, 2.75) is 6.92 Å². The molecule has 0 radical (unpaired) electrons. The third-order valence-electron chi connectivity index (χ3n) is 4.80. The Morgan fingerprint density at radius 3 is 2.35 bits per heavy atom. The van der Waals surface area contributed by atoms with Crippen LogP contribution in [-0.2, 0) is 14.6 Å². The zero-order chi connectivity index (χ0) is 14.3. The highest BCUT2D eigenvalue weighted by atomic mass is 32.2. The van der Waals surface area contributed by atoms with E-state index in [1.165, 1.54) is 0 Å². The van der Waals surface area contributed by atoms with E-state index in [1.54, 1.807) is 4.90 Å². The van der Waals surface area contributed by atoms with Gasteiger partial charge in [-0.15, -0.1) is 0 Å². The first-order valence-electron chi connectivity index (χ1n) is 7.34. The molecule has 7 heteroatoms. The Morgan fingerprint density at radius 2 is 1.80 bits per heavy atom. The van der Waals surface area contributed by atoms with E-state index >= 15 is 0 Å². The molecule has 2 heterocycles. The molecule has 6 nitrogen and oxygen atoms in total. The smallest absolute Gasteiger partial charge is 0.409 e. The van der Waals surface area contributed by atoms with Crippen LogP contribution in [0.1, 0.15) is 6.92 Å². The molecular weight excluding hydrogens is 280 g/mol. The van der Waals surface area contributed by atoms with Crippen molar-refractivity contribution >= 4 is 15.9 Å². The number of piperidine rings is 1. The van der Waals surface area contributed by atoms with E-state index < -0.39 is 9.84 Å². The van der Waals surface area contributed by atoms with E-state index in [0.29, 0.717) is 49.0 Å². The molecule has 0 spiro atoms. The molecule has 1 saturated carbocycles. The van der Waals surface area contributed by atoms with Crippen LogP contribution in [0.3, 0.4) is 0 Å². The Balaban J connectivity index is 1.43. The predicted octanol–water partition coefficient (Wildman–Crippen LogP) is 0.0511. The van der Waals surface area contributed by atoms with Crippen LogP contribution in [-0.4, -0.2) is 75.1 Å². The van der Waals surface area contributed by atoms with Crippen LogP contribution < -0.4 is 0 Å². The number of carbonyl (C=O) groups is 1. The first kappa shape index (κ1) is 14.1. The molecule has 3 fully saturated rings. The maximum absolute atomic E-state index is 11.6. The summed E-state index contributed by atoms with van der Waals surface area (Å²) in [6.07, 6.45) is -0.192. The van der Waals surface area contributed by atoms with Gasteiger partial charge in [-0.05, 0) is 24.7 Å². The van der Waals surface area contributed by atoms with Gasteiger partial charge in [-0.2, -0.15) is 0 Å². The number of hydrogen-bond donors (Lipinski definition) is 0. The molecule has 2 aliphatic heterocycles. The summed E-state index contributed by atoms with van der Waals surface area (Å²) in [6, 6.07) is 0. The lowest BCUT2D eigenvalue weighted by molar-refractivity contribution is 0.108. The van der Waals surface area contributed by atoms with Crippen molar-refractivity contribution in [3.8, 4) is 0 Å². The van der Waals surface area contributed by atoms with Crippen LogP contribution in [0.4, 0.5) is 4.79 Å². The summed E-state index contributed by atoms with van der Waals surface area (Å²) in [7, 11) is -2.79. The summed E-state index contributed by atoms with van der Waals surface area (Å²) >= 11 is 0. The van der Waals surface area contributed by atoms with E-state index in [0.717, 1.165) is 19.6 Å². The standard InChI is InChI=1S/C13H22N2O4S/c1-2-19-13(16)15-8-11-10(12(11)9-15)7-14-3-5-20(17,18)6-4-14/h10-12H,2-9H2,1H3/t10?,11-,12+.